The predicted octanol–water partition coefficient (Wildman–Crippen LogP) is 5.06. The van der Waals surface area contributed by atoms with Crippen molar-refractivity contribution in [3.05, 3.63) is 94.6 Å². The van der Waals surface area contributed by atoms with Crippen molar-refractivity contribution in [2.45, 2.75) is 92.4 Å². The Balaban J connectivity index is 1.12. The van der Waals surface area contributed by atoms with Gasteiger partial charge in [0.25, 0.3) is 11.8 Å². The van der Waals surface area contributed by atoms with E-state index in [1.165, 1.54) is 0 Å². The van der Waals surface area contributed by atoms with Gasteiger partial charge in [0, 0.05) is 49.3 Å². The Kier molecular flexibility index (Phi) is 13.2. The number of aromatic nitrogens is 8. The summed E-state index contributed by atoms with van der Waals surface area (Å²) in [6.45, 7) is 13.2. The van der Waals surface area contributed by atoms with Crippen LogP contribution in [0.5, 0.6) is 0 Å². The lowest BCUT2D eigenvalue weighted by Gasteiger charge is -2.12. The Morgan fingerprint density at radius 1 is 0.767 bits per heavy atom. The van der Waals surface area contributed by atoms with E-state index in [4.69, 9.17) is 16.2 Å². The smallest absolute Gasteiger partial charge is 0.305 e. The largest absolute Gasteiger partial charge is 0.466 e. The maximum absolute atomic E-state index is 13.9. The van der Waals surface area contributed by atoms with Gasteiger partial charge in [-0.15, -0.1) is 6.58 Å². The van der Waals surface area contributed by atoms with Crippen LogP contribution in [0, 0.1) is 13.8 Å². The van der Waals surface area contributed by atoms with Gasteiger partial charge in [0.2, 0.25) is 23.7 Å². The Morgan fingerprint density at radius 2 is 1.40 bits per heavy atom. The summed E-state index contributed by atoms with van der Waals surface area (Å²) in [5.74, 6) is -1.70. The molecule has 0 aliphatic heterocycles. The molecule has 6 aromatic rings. The Bertz CT molecular complexity index is 2610. The van der Waals surface area contributed by atoms with Crippen molar-refractivity contribution in [1.29, 1.82) is 0 Å². The quantitative estimate of drug-likeness (QED) is 0.0453. The molecule has 0 spiro atoms. The zero-order valence-electron chi connectivity index (χ0n) is 34.3. The van der Waals surface area contributed by atoms with E-state index in [0.717, 1.165) is 24.1 Å². The molecule has 0 radical (unpaired) electrons. The van der Waals surface area contributed by atoms with Gasteiger partial charge in [0.15, 0.2) is 0 Å². The summed E-state index contributed by atoms with van der Waals surface area (Å²) in [6, 6.07) is 11.5. The molecule has 0 aliphatic rings. The van der Waals surface area contributed by atoms with Gasteiger partial charge in [-0.05, 0) is 95.8 Å². The van der Waals surface area contributed by atoms with E-state index in [1.54, 1.807) is 69.4 Å². The molecule has 18 nitrogen and oxygen atoms in total. The third-order valence-electron chi connectivity index (χ3n) is 10.1. The number of primary amides is 2. The molecule has 0 fully saturated rings. The van der Waals surface area contributed by atoms with E-state index in [2.05, 4.69) is 37.4 Å². The number of carbonyl (C=O) groups is 5. The van der Waals surface area contributed by atoms with Crippen molar-refractivity contribution in [2.75, 3.05) is 17.2 Å². The number of fused-ring (bicyclic) bond motifs is 2. The summed E-state index contributed by atoms with van der Waals surface area (Å²) in [7, 11) is 0. The molecule has 4 aromatic heterocycles. The summed E-state index contributed by atoms with van der Waals surface area (Å²) in [6.07, 6.45) is 5.12. The van der Waals surface area contributed by atoms with E-state index in [0.29, 0.717) is 96.1 Å². The number of unbranched alkanes of at least 4 members (excludes halogenated alkanes) is 2. The average Bonchev–Trinajstić information content (AvgIpc) is 3.95. The first-order valence-electron chi connectivity index (χ1n) is 19.9. The van der Waals surface area contributed by atoms with Crippen molar-refractivity contribution in [2.24, 2.45) is 11.5 Å². The average molecular weight is 819 g/mol. The summed E-state index contributed by atoms with van der Waals surface area (Å²) in [5.41, 5.74) is 17.0. The molecule has 0 aliphatic carbocycles. The lowest BCUT2D eigenvalue weighted by atomic mass is 10.0. The minimum absolute atomic E-state index is 0.183. The Hall–Kier alpha value is -7.11. The summed E-state index contributed by atoms with van der Waals surface area (Å²) in [5, 5.41) is 15.1. The molecule has 4 heterocycles. The highest BCUT2D eigenvalue weighted by Crippen LogP contribution is 2.26. The van der Waals surface area contributed by atoms with Crippen LogP contribution in [-0.4, -0.2) is 74.9 Å². The van der Waals surface area contributed by atoms with Gasteiger partial charge in [-0.3, -0.25) is 44.0 Å². The molecule has 0 saturated carbocycles. The number of benzene rings is 2. The highest BCUT2D eigenvalue weighted by atomic mass is 16.5. The number of ether oxygens (including phenoxy) is 1. The molecule has 6 N–H and O–H groups in total. The monoisotopic (exact) mass is 818 g/mol. The second kappa shape index (κ2) is 18.6. The van der Waals surface area contributed by atoms with Crippen molar-refractivity contribution in [3.8, 4) is 0 Å². The van der Waals surface area contributed by atoms with E-state index < -0.39 is 17.7 Å². The molecule has 0 saturated heterocycles. The van der Waals surface area contributed by atoms with E-state index in [1.807, 2.05) is 25.3 Å². The second-order valence-corrected chi connectivity index (χ2v) is 14.3. The molecule has 314 valence electrons. The molecular weight excluding hydrogens is 769 g/mol. The number of nitrogens with two attached hydrogens (primary N) is 2. The molecule has 0 unspecified atom stereocenters. The lowest BCUT2D eigenvalue weighted by molar-refractivity contribution is -0.143. The van der Waals surface area contributed by atoms with Gasteiger partial charge < -0.3 is 25.3 Å². The summed E-state index contributed by atoms with van der Waals surface area (Å²) < 4.78 is 12.0. The molecule has 2 aromatic carbocycles. The first-order valence-corrected chi connectivity index (χ1v) is 19.9. The number of carbonyl (C=O) groups excluding carboxylic acids is 5. The minimum atomic E-state index is -0.600. The number of esters is 1. The zero-order chi connectivity index (χ0) is 43.1. The number of nitrogens with one attached hydrogen (secondary N) is 2. The number of allylic oxidation sites excluding steroid dienone is 1. The van der Waals surface area contributed by atoms with Crippen LogP contribution < -0.4 is 22.1 Å². The fraction of sp³-hybridized carbons (Fsp3) is 0.357. The van der Waals surface area contributed by atoms with Gasteiger partial charge in [0.1, 0.15) is 11.4 Å². The normalized spacial score (nSPS) is 11.3. The predicted molar refractivity (Wildman–Crippen MR) is 226 cm³/mol. The van der Waals surface area contributed by atoms with Gasteiger partial charge in [-0.25, -0.2) is 9.97 Å². The van der Waals surface area contributed by atoms with E-state index in [-0.39, 0.29) is 36.4 Å². The van der Waals surface area contributed by atoms with Crippen LogP contribution in [0.15, 0.2) is 55.1 Å². The van der Waals surface area contributed by atoms with Crippen molar-refractivity contribution in [1.82, 2.24) is 38.7 Å². The molecular formula is C42H50N12O6. The van der Waals surface area contributed by atoms with Crippen LogP contribution in [0.1, 0.15) is 105 Å². The number of hydrogen-bond acceptors (Lipinski definition) is 10. The number of nitrogens with zero attached hydrogens (tertiary/aromatic N) is 8. The first-order chi connectivity index (χ1) is 28.8. The van der Waals surface area contributed by atoms with Crippen molar-refractivity contribution in [3.63, 3.8) is 0 Å². The lowest BCUT2D eigenvalue weighted by Crippen LogP contribution is -2.21. The van der Waals surface area contributed by atoms with Crippen LogP contribution in [0.3, 0.4) is 0 Å². The van der Waals surface area contributed by atoms with Gasteiger partial charge in [0.05, 0.1) is 40.1 Å². The Labute approximate surface area is 345 Å². The highest BCUT2D eigenvalue weighted by Gasteiger charge is 2.24. The first kappa shape index (κ1) is 42.5. The summed E-state index contributed by atoms with van der Waals surface area (Å²) >= 11 is 0. The second-order valence-electron chi connectivity index (χ2n) is 14.3. The molecule has 0 atom stereocenters. The standard InChI is InChI=1S/C42H50N12O6/c1-6-19-51-32-17-15-27(37(43)56)23-30(32)46-42(51)48-40(59)36-29(26(5)50-53(36)7-2)13-10-9-11-21-54-34(22-25(4)49-54)39(58)47-41-45-31-24-28(38(44)57)16-18-33(31)52(41)20-12-14-35(55)60-8-3/h6,15-18,22-24H,1,7-14,19-21H2,2-5H3,(H2,43,56)(H2,44,57)(H,45,47,58)(H,46,48,59). The highest BCUT2D eigenvalue weighted by molar-refractivity contribution is 6.05. The third kappa shape index (κ3) is 9.27. The maximum Gasteiger partial charge on any atom is 0.305 e. The van der Waals surface area contributed by atoms with Crippen LogP contribution in [0.4, 0.5) is 11.9 Å². The third-order valence-corrected chi connectivity index (χ3v) is 10.1. The van der Waals surface area contributed by atoms with Crippen LogP contribution >= 0.6 is 0 Å². The number of hydrogen-bond donors (Lipinski definition) is 4. The van der Waals surface area contributed by atoms with E-state index in [9.17, 15) is 24.0 Å². The minimum Gasteiger partial charge on any atom is -0.466 e. The number of amides is 4. The fourth-order valence-electron chi connectivity index (χ4n) is 7.28. The Morgan fingerprint density at radius 3 is 2.02 bits per heavy atom. The fourth-order valence-corrected chi connectivity index (χ4v) is 7.28. The van der Waals surface area contributed by atoms with E-state index >= 15 is 0 Å². The molecule has 18 heteroatoms. The SMILES string of the molecule is C=CCn1c(NC(=O)c2c(CCCCCn3nc(C)cc3C(=O)Nc3nc4cc(C(N)=O)ccc4n3CCCC(=O)OCC)c(C)nn2CC)nc2cc(C(N)=O)ccc21. The number of anilines is 2. The molecule has 6 rings (SSSR count). The molecule has 0 bridgehead atoms. The van der Waals surface area contributed by atoms with Gasteiger partial charge in [-0.1, -0.05) is 12.5 Å². The number of rotatable bonds is 20. The van der Waals surface area contributed by atoms with Gasteiger partial charge in [-0.2, -0.15) is 10.2 Å². The zero-order valence-corrected chi connectivity index (χ0v) is 34.3. The molecule has 60 heavy (non-hydrogen) atoms. The van der Waals surface area contributed by atoms with Gasteiger partial charge >= 0.3 is 5.97 Å². The maximum atomic E-state index is 13.9. The molecule has 4 amide bonds. The topological polar surface area (TPSA) is 242 Å². The number of imidazole rings is 2. The van der Waals surface area contributed by atoms with Crippen LogP contribution in [0.2, 0.25) is 0 Å². The summed E-state index contributed by atoms with van der Waals surface area (Å²) in [4.78, 5) is 72.7. The van der Waals surface area contributed by atoms with Crippen LogP contribution in [-0.2, 0) is 42.1 Å². The van der Waals surface area contributed by atoms with Crippen LogP contribution in [0.25, 0.3) is 22.1 Å². The number of aryl methyl sites for hydroxylation is 5. The van der Waals surface area contributed by atoms with Crippen molar-refractivity contribution < 1.29 is 28.7 Å². The van der Waals surface area contributed by atoms with Crippen molar-refractivity contribution >= 4 is 63.6 Å².